The van der Waals surface area contributed by atoms with E-state index < -0.39 is 20.8 Å². The normalized spacial score (nSPS) is 13.2. The third-order valence-corrected chi connectivity index (χ3v) is 4.97. The highest BCUT2D eigenvalue weighted by molar-refractivity contribution is 7.89. The van der Waals surface area contributed by atoms with E-state index >= 15 is 0 Å². The Morgan fingerprint density at radius 2 is 2.22 bits per heavy atom. The zero-order valence-corrected chi connectivity index (χ0v) is 11.6. The molecule has 0 spiro atoms. The number of hydrogen-bond acceptors (Lipinski definition) is 6. The number of sulfonamides is 1. The number of aromatic nitrogens is 1. The highest BCUT2D eigenvalue weighted by atomic mass is 32.2. The number of nitrogens with one attached hydrogen (secondary N) is 2. The smallest absolute Gasteiger partial charge is 0.244 e. The molecule has 1 rings (SSSR count). The maximum Gasteiger partial charge on any atom is 0.244 e. The lowest BCUT2D eigenvalue weighted by Crippen LogP contribution is -2.29. The van der Waals surface area contributed by atoms with Crippen LogP contribution in [0.4, 0.5) is 5.69 Å². The molecule has 0 aliphatic carbocycles. The van der Waals surface area contributed by atoms with Gasteiger partial charge >= 0.3 is 0 Å². The van der Waals surface area contributed by atoms with Crippen molar-refractivity contribution < 1.29 is 12.6 Å². The molecule has 0 saturated heterocycles. The fourth-order valence-corrected chi connectivity index (χ4v) is 3.12. The first-order chi connectivity index (χ1) is 8.51. The van der Waals surface area contributed by atoms with Gasteiger partial charge in [0.05, 0.1) is 5.69 Å². The molecule has 0 aliphatic heterocycles. The summed E-state index contributed by atoms with van der Waals surface area (Å²) in [7, 11) is -4.70. The van der Waals surface area contributed by atoms with Gasteiger partial charge in [-0.05, 0) is 6.07 Å². The van der Waals surface area contributed by atoms with Crippen molar-refractivity contribution in [2.24, 2.45) is 5.84 Å². The molecule has 0 saturated carbocycles. The van der Waals surface area contributed by atoms with E-state index in [0.717, 1.165) is 0 Å². The van der Waals surface area contributed by atoms with Crippen LogP contribution in [0.3, 0.4) is 0 Å². The lowest BCUT2D eigenvalue weighted by atomic mass is 10.4. The van der Waals surface area contributed by atoms with Gasteiger partial charge in [-0.25, -0.2) is 13.1 Å². The second kappa shape index (κ2) is 6.78. The molecule has 7 nitrogen and oxygen atoms in total. The average Bonchev–Trinajstić information content (AvgIpc) is 2.38. The predicted molar refractivity (Wildman–Crippen MR) is 70.8 cm³/mol. The van der Waals surface area contributed by atoms with Crippen molar-refractivity contribution in [2.45, 2.75) is 11.8 Å². The van der Waals surface area contributed by atoms with Gasteiger partial charge in [0, 0.05) is 41.2 Å². The van der Waals surface area contributed by atoms with Gasteiger partial charge < -0.3 is 5.43 Å². The van der Waals surface area contributed by atoms with E-state index in [2.05, 4.69) is 15.1 Å². The number of nitrogens with two attached hydrogens (primary N) is 1. The zero-order valence-electron chi connectivity index (χ0n) is 9.92. The summed E-state index contributed by atoms with van der Waals surface area (Å²) < 4.78 is 37.4. The van der Waals surface area contributed by atoms with Crippen LogP contribution in [0.2, 0.25) is 0 Å². The number of nitrogens with zero attached hydrogens (tertiary/aromatic N) is 1. The van der Waals surface area contributed by atoms with Gasteiger partial charge in [-0.3, -0.25) is 15.0 Å². The van der Waals surface area contributed by atoms with Crippen molar-refractivity contribution in [1.82, 2.24) is 9.71 Å². The molecule has 1 heterocycles. The summed E-state index contributed by atoms with van der Waals surface area (Å²) in [5.41, 5.74) is 2.55. The average molecular weight is 292 g/mol. The second-order valence-electron chi connectivity index (χ2n) is 3.35. The van der Waals surface area contributed by atoms with Crippen LogP contribution >= 0.6 is 0 Å². The van der Waals surface area contributed by atoms with Crippen molar-refractivity contribution in [1.29, 1.82) is 0 Å². The van der Waals surface area contributed by atoms with E-state index in [1.54, 1.807) is 6.92 Å². The topological polar surface area (TPSA) is 114 Å². The number of anilines is 1. The molecule has 9 heteroatoms. The summed E-state index contributed by atoms with van der Waals surface area (Å²) in [5, 5.41) is 0. The fourth-order valence-electron chi connectivity index (χ4n) is 1.23. The molecule has 102 valence electrons. The van der Waals surface area contributed by atoms with Gasteiger partial charge in [-0.1, -0.05) is 6.92 Å². The highest BCUT2D eigenvalue weighted by Gasteiger charge is 2.18. The summed E-state index contributed by atoms with van der Waals surface area (Å²) >= 11 is 0. The molecule has 1 aromatic rings. The molecule has 0 radical (unpaired) electrons. The van der Waals surface area contributed by atoms with Gasteiger partial charge in [0.2, 0.25) is 10.0 Å². The van der Waals surface area contributed by atoms with Crippen LogP contribution in [0.15, 0.2) is 23.4 Å². The van der Waals surface area contributed by atoms with Crippen molar-refractivity contribution in [3.8, 4) is 0 Å². The number of hydrogen-bond donors (Lipinski definition) is 3. The van der Waals surface area contributed by atoms with Gasteiger partial charge in [-0.15, -0.1) is 0 Å². The maximum atomic E-state index is 11.9. The van der Waals surface area contributed by atoms with Gasteiger partial charge in [0.1, 0.15) is 4.90 Å². The van der Waals surface area contributed by atoms with Gasteiger partial charge in [0.25, 0.3) is 0 Å². The van der Waals surface area contributed by atoms with Crippen LogP contribution in [-0.4, -0.2) is 35.7 Å². The Balaban J connectivity index is 2.77. The molecular formula is C9H16N4O3S2. The Kier molecular flexibility index (Phi) is 5.66. The van der Waals surface area contributed by atoms with E-state index in [4.69, 9.17) is 5.84 Å². The largest absolute Gasteiger partial charge is 0.323 e. The minimum atomic E-state index is -3.70. The number of nitrogen functional groups attached to an aromatic ring is 1. The molecule has 0 fully saturated rings. The number of pyridine rings is 1. The second-order valence-corrected chi connectivity index (χ2v) is 6.95. The van der Waals surface area contributed by atoms with Crippen molar-refractivity contribution >= 4 is 26.5 Å². The Labute approximate surface area is 109 Å². The highest BCUT2D eigenvalue weighted by Crippen LogP contribution is 2.17. The first kappa shape index (κ1) is 15.0. The molecule has 0 bridgehead atoms. The van der Waals surface area contributed by atoms with E-state index in [1.165, 1.54) is 18.5 Å². The molecule has 0 aromatic carbocycles. The molecule has 0 aliphatic rings. The van der Waals surface area contributed by atoms with Gasteiger partial charge in [-0.2, -0.15) is 0 Å². The number of hydrazine groups is 1. The van der Waals surface area contributed by atoms with Crippen LogP contribution in [0, 0.1) is 0 Å². The van der Waals surface area contributed by atoms with E-state index in [0.29, 0.717) is 5.75 Å². The third kappa shape index (κ3) is 4.02. The molecule has 1 atom stereocenters. The van der Waals surface area contributed by atoms with E-state index in [-0.39, 0.29) is 22.9 Å². The standard InChI is InChI=1S/C9H16N4O3S2/c1-2-17(14)6-5-12-18(15,16)9-7-11-4-3-8(9)13-10/h3-4,7,12H,2,5-6,10H2,1H3,(H,11,13). The Morgan fingerprint density at radius 3 is 2.83 bits per heavy atom. The molecule has 1 aromatic heterocycles. The maximum absolute atomic E-state index is 11.9. The summed E-state index contributed by atoms with van der Waals surface area (Å²) in [5.74, 6) is 6.01. The van der Waals surface area contributed by atoms with Crippen LogP contribution in [0.1, 0.15) is 6.92 Å². The first-order valence-corrected chi connectivity index (χ1v) is 8.23. The van der Waals surface area contributed by atoms with Crippen LogP contribution in [0.25, 0.3) is 0 Å². The SMILES string of the molecule is CCS(=O)CCNS(=O)(=O)c1cnccc1NN. The minimum absolute atomic E-state index is 0.0326. The third-order valence-electron chi connectivity index (χ3n) is 2.17. The van der Waals surface area contributed by atoms with Crippen LogP contribution in [-0.2, 0) is 20.8 Å². The van der Waals surface area contributed by atoms with E-state index in [1.807, 2.05) is 0 Å². The predicted octanol–water partition coefficient (Wildman–Crippen LogP) is -0.586. The summed E-state index contributed by atoms with van der Waals surface area (Å²) in [6.45, 7) is 1.89. The first-order valence-electron chi connectivity index (χ1n) is 5.26. The quantitative estimate of drug-likeness (QED) is 0.457. The molecule has 4 N–H and O–H groups in total. The summed E-state index contributed by atoms with van der Waals surface area (Å²) in [6, 6.07) is 1.46. The Hall–Kier alpha value is -1.03. The molecule has 18 heavy (non-hydrogen) atoms. The van der Waals surface area contributed by atoms with Crippen LogP contribution in [0.5, 0.6) is 0 Å². The minimum Gasteiger partial charge on any atom is -0.323 e. The van der Waals surface area contributed by atoms with Crippen molar-refractivity contribution in [3.63, 3.8) is 0 Å². The van der Waals surface area contributed by atoms with E-state index in [9.17, 15) is 12.6 Å². The zero-order chi connectivity index (χ0) is 13.6. The lowest BCUT2D eigenvalue weighted by Gasteiger charge is -2.09. The van der Waals surface area contributed by atoms with Crippen molar-refractivity contribution in [2.75, 3.05) is 23.5 Å². The van der Waals surface area contributed by atoms with Crippen molar-refractivity contribution in [3.05, 3.63) is 18.5 Å². The lowest BCUT2D eigenvalue weighted by molar-refractivity contribution is 0.584. The molecule has 0 amide bonds. The molecular weight excluding hydrogens is 276 g/mol. The fraction of sp³-hybridized carbons (Fsp3) is 0.444. The van der Waals surface area contributed by atoms with Gasteiger partial charge in [0.15, 0.2) is 0 Å². The Bertz CT molecular complexity index is 518. The monoisotopic (exact) mass is 292 g/mol. The Morgan fingerprint density at radius 1 is 1.50 bits per heavy atom. The molecule has 1 unspecified atom stereocenters. The summed E-state index contributed by atoms with van der Waals surface area (Å²) in [6.07, 6.45) is 2.63. The van der Waals surface area contributed by atoms with Crippen LogP contribution < -0.4 is 16.0 Å². The number of rotatable bonds is 7. The summed E-state index contributed by atoms with van der Waals surface area (Å²) in [4.78, 5) is 3.71.